The van der Waals surface area contributed by atoms with Crippen LogP contribution in [0.2, 0.25) is 0 Å². The molecule has 0 N–H and O–H groups in total. The van der Waals surface area contributed by atoms with Crippen molar-refractivity contribution < 1.29 is 4.74 Å². The molecular weight excluding hydrogens is 410 g/mol. The normalized spacial score (nSPS) is 12.1. The van der Waals surface area contributed by atoms with E-state index in [1.54, 1.807) is 6.08 Å². The summed E-state index contributed by atoms with van der Waals surface area (Å²) >= 11 is 1.15. The van der Waals surface area contributed by atoms with Gasteiger partial charge in [0.15, 0.2) is 0 Å². The maximum Gasteiger partial charge on any atom is 0.296 e. The van der Waals surface area contributed by atoms with E-state index in [0.717, 1.165) is 34.6 Å². The first-order chi connectivity index (χ1) is 15.1. The Morgan fingerprint density at radius 3 is 2.58 bits per heavy atom. The third-order valence-corrected chi connectivity index (χ3v) is 5.53. The summed E-state index contributed by atoms with van der Waals surface area (Å²) in [6.45, 7) is 2.71. The van der Waals surface area contributed by atoms with Crippen LogP contribution in [0.15, 0.2) is 70.3 Å². The molecule has 2 heterocycles. The Morgan fingerprint density at radius 1 is 1.06 bits per heavy atom. The molecule has 2 aromatic carbocycles. The van der Waals surface area contributed by atoms with E-state index >= 15 is 0 Å². The SMILES string of the molecule is CCCOc1ccc(Cc2nn3c(=O)/c(=C\C=C\c4ccccc4)sc3nc2=O)cc1. The highest BCUT2D eigenvalue weighted by atomic mass is 32.1. The first-order valence-corrected chi connectivity index (χ1v) is 10.8. The average molecular weight is 432 g/mol. The number of nitrogens with zero attached hydrogens (tertiary/aromatic N) is 3. The molecule has 2 aromatic heterocycles. The van der Waals surface area contributed by atoms with Gasteiger partial charge in [0.25, 0.3) is 11.1 Å². The number of fused-ring (bicyclic) bond motifs is 1. The molecule has 0 bridgehead atoms. The van der Waals surface area contributed by atoms with Gasteiger partial charge in [0, 0.05) is 6.42 Å². The fraction of sp³-hybridized carbons (Fsp3) is 0.167. The molecule has 4 rings (SSSR count). The maximum absolute atomic E-state index is 12.7. The molecule has 0 saturated heterocycles. The van der Waals surface area contributed by atoms with Crippen molar-refractivity contribution in [2.75, 3.05) is 6.61 Å². The van der Waals surface area contributed by atoms with Crippen molar-refractivity contribution in [3.63, 3.8) is 0 Å². The highest BCUT2D eigenvalue weighted by Crippen LogP contribution is 2.14. The topological polar surface area (TPSA) is 73.6 Å². The molecular formula is C24H21N3O3S. The molecule has 0 aliphatic carbocycles. The monoisotopic (exact) mass is 431 g/mol. The van der Waals surface area contributed by atoms with Crippen molar-refractivity contribution in [2.45, 2.75) is 19.8 Å². The molecule has 0 unspecified atom stereocenters. The fourth-order valence-corrected chi connectivity index (χ4v) is 3.85. The molecule has 0 radical (unpaired) electrons. The minimum Gasteiger partial charge on any atom is -0.494 e. The van der Waals surface area contributed by atoms with Crippen LogP contribution in [-0.4, -0.2) is 21.2 Å². The molecule has 7 heteroatoms. The molecule has 0 spiro atoms. The summed E-state index contributed by atoms with van der Waals surface area (Å²) in [7, 11) is 0. The van der Waals surface area contributed by atoms with E-state index in [2.05, 4.69) is 10.1 Å². The number of thiazole rings is 1. The molecule has 0 atom stereocenters. The Labute approximate surface area is 182 Å². The average Bonchev–Trinajstić information content (AvgIpc) is 3.09. The van der Waals surface area contributed by atoms with Gasteiger partial charge in [-0.2, -0.15) is 14.6 Å². The smallest absolute Gasteiger partial charge is 0.296 e. The van der Waals surface area contributed by atoms with Crippen LogP contribution in [0.1, 0.15) is 30.2 Å². The number of hydrogen-bond donors (Lipinski definition) is 0. The van der Waals surface area contributed by atoms with E-state index in [9.17, 15) is 9.59 Å². The van der Waals surface area contributed by atoms with Gasteiger partial charge in [-0.1, -0.05) is 72.9 Å². The maximum atomic E-state index is 12.7. The Bertz CT molecular complexity index is 1370. The van der Waals surface area contributed by atoms with Crippen LogP contribution in [0.25, 0.3) is 17.1 Å². The van der Waals surface area contributed by atoms with Gasteiger partial charge < -0.3 is 4.74 Å². The summed E-state index contributed by atoms with van der Waals surface area (Å²) in [4.78, 5) is 29.5. The Balaban J connectivity index is 1.60. The standard InChI is InChI=1S/C24H21N3O3S/c1-2-15-30-19-13-11-18(12-14-19)16-20-22(28)25-24-27(26-20)23(29)21(31-24)10-6-9-17-7-4-3-5-8-17/h3-14H,2,15-16H2,1H3/b9-6+,21-10+. The lowest BCUT2D eigenvalue weighted by Gasteiger charge is -2.05. The second-order valence-corrected chi connectivity index (χ2v) is 7.94. The number of hydrogen-bond acceptors (Lipinski definition) is 6. The third kappa shape index (κ3) is 4.95. The van der Waals surface area contributed by atoms with Gasteiger partial charge in [-0.15, -0.1) is 0 Å². The third-order valence-electron chi connectivity index (χ3n) is 4.55. The van der Waals surface area contributed by atoms with Gasteiger partial charge in [-0.25, -0.2) is 0 Å². The first kappa shape index (κ1) is 20.7. The van der Waals surface area contributed by atoms with E-state index in [0.29, 0.717) is 22.5 Å². The summed E-state index contributed by atoms with van der Waals surface area (Å²) in [5.74, 6) is 0.785. The predicted molar refractivity (Wildman–Crippen MR) is 124 cm³/mol. The lowest BCUT2D eigenvalue weighted by Crippen LogP contribution is -2.27. The highest BCUT2D eigenvalue weighted by molar-refractivity contribution is 7.15. The largest absolute Gasteiger partial charge is 0.494 e. The molecule has 0 saturated carbocycles. The second kappa shape index (κ2) is 9.49. The van der Waals surface area contributed by atoms with Crippen molar-refractivity contribution >= 4 is 28.4 Å². The lowest BCUT2D eigenvalue weighted by atomic mass is 10.1. The number of allylic oxidation sites excluding steroid dienone is 1. The van der Waals surface area contributed by atoms with Crippen LogP contribution in [-0.2, 0) is 6.42 Å². The molecule has 0 amide bonds. The lowest BCUT2D eigenvalue weighted by molar-refractivity contribution is 0.317. The molecule has 0 aliphatic rings. The zero-order valence-electron chi connectivity index (χ0n) is 17.0. The van der Waals surface area contributed by atoms with Crippen LogP contribution in [0, 0.1) is 0 Å². The van der Waals surface area contributed by atoms with Crippen molar-refractivity contribution in [1.82, 2.24) is 14.6 Å². The van der Waals surface area contributed by atoms with E-state index in [-0.39, 0.29) is 11.3 Å². The molecule has 4 aromatic rings. The van der Waals surface area contributed by atoms with E-state index in [1.807, 2.05) is 73.7 Å². The van der Waals surface area contributed by atoms with Crippen molar-refractivity contribution in [2.24, 2.45) is 0 Å². The number of ether oxygens (including phenoxy) is 1. The first-order valence-electron chi connectivity index (χ1n) is 10.0. The van der Waals surface area contributed by atoms with E-state index in [4.69, 9.17) is 4.74 Å². The zero-order chi connectivity index (χ0) is 21.6. The highest BCUT2D eigenvalue weighted by Gasteiger charge is 2.11. The van der Waals surface area contributed by atoms with Gasteiger partial charge in [-0.3, -0.25) is 9.59 Å². The number of benzene rings is 2. The summed E-state index contributed by atoms with van der Waals surface area (Å²) < 4.78 is 7.26. The fourth-order valence-electron chi connectivity index (χ4n) is 2.99. The number of rotatable bonds is 7. The van der Waals surface area contributed by atoms with E-state index in [1.165, 1.54) is 4.52 Å². The summed E-state index contributed by atoms with van der Waals surface area (Å²) in [6, 6.07) is 17.3. The van der Waals surface area contributed by atoms with Gasteiger partial charge in [0.1, 0.15) is 11.4 Å². The van der Waals surface area contributed by atoms with Crippen LogP contribution in [0.3, 0.4) is 0 Å². The van der Waals surface area contributed by atoms with Crippen molar-refractivity contribution in [1.29, 1.82) is 0 Å². The molecule has 0 aliphatic heterocycles. The quantitative estimate of drug-likeness (QED) is 0.450. The number of aromatic nitrogens is 3. The summed E-state index contributed by atoms with van der Waals surface area (Å²) in [5, 5.41) is 4.29. The Hall–Kier alpha value is -3.58. The van der Waals surface area contributed by atoms with E-state index < -0.39 is 5.56 Å². The minimum absolute atomic E-state index is 0.237. The van der Waals surface area contributed by atoms with Gasteiger partial charge in [-0.05, 0) is 35.8 Å². The minimum atomic E-state index is -0.418. The molecule has 0 fully saturated rings. The van der Waals surface area contributed by atoms with Crippen molar-refractivity contribution in [3.8, 4) is 5.75 Å². The molecule has 6 nitrogen and oxygen atoms in total. The second-order valence-electron chi connectivity index (χ2n) is 6.94. The molecule has 156 valence electrons. The summed E-state index contributed by atoms with van der Waals surface area (Å²) in [6.07, 6.45) is 6.67. The van der Waals surface area contributed by atoms with Gasteiger partial charge in [0.05, 0.1) is 11.1 Å². The summed E-state index contributed by atoms with van der Waals surface area (Å²) in [5.41, 5.74) is 1.47. The predicted octanol–water partition coefficient (Wildman–Crippen LogP) is 3.10. The zero-order valence-corrected chi connectivity index (χ0v) is 17.8. The van der Waals surface area contributed by atoms with Crippen LogP contribution in [0.5, 0.6) is 5.75 Å². The van der Waals surface area contributed by atoms with Gasteiger partial charge in [0.2, 0.25) is 4.96 Å². The van der Waals surface area contributed by atoms with Gasteiger partial charge >= 0.3 is 0 Å². The van der Waals surface area contributed by atoms with Crippen LogP contribution >= 0.6 is 11.3 Å². The van der Waals surface area contributed by atoms with Crippen molar-refractivity contribution in [3.05, 3.63) is 103 Å². The Morgan fingerprint density at radius 2 is 1.84 bits per heavy atom. The van der Waals surface area contributed by atoms with Crippen LogP contribution < -0.4 is 20.4 Å². The Kier molecular flexibility index (Phi) is 6.33. The molecule has 31 heavy (non-hydrogen) atoms. The van der Waals surface area contributed by atoms with Crippen LogP contribution in [0.4, 0.5) is 0 Å².